The van der Waals surface area contributed by atoms with E-state index < -0.39 is 0 Å². The topological polar surface area (TPSA) is 53.1 Å². The molecule has 0 bridgehead atoms. The number of ether oxygens (including phenoxy) is 1. The molecule has 102 valence electrons. The number of benzene rings is 1. The first-order valence-corrected chi connectivity index (χ1v) is 6.72. The van der Waals surface area contributed by atoms with Crippen molar-refractivity contribution in [3.05, 3.63) is 47.8 Å². The average molecular weight is 259 g/mol. The van der Waals surface area contributed by atoms with E-state index in [1.54, 1.807) is 0 Å². The van der Waals surface area contributed by atoms with Crippen LogP contribution in [0, 0.1) is 0 Å². The Morgan fingerprint density at radius 2 is 2.00 bits per heavy atom. The maximum Gasteiger partial charge on any atom is 0.119 e. The monoisotopic (exact) mass is 259 g/mol. The van der Waals surface area contributed by atoms with Crippen LogP contribution in [-0.2, 0) is 13.0 Å². The van der Waals surface area contributed by atoms with E-state index in [0.29, 0.717) is 6.61 Å². The summed E-state index contributed by atoms with van der Waals surface area (Å²) in [5.41, 5.74) is 8.51. The molecule has 19 heavy (non-hydrogen) atoms. The van der Waals surface area contributed by atoms with Crippen molar-refractivity contribution in [1.82, 2.24) is 9.78 Å². The molecule has 4 heteroatoms. The molecule has 0 spiro atoms. The van der Waals surface area contributed by atoms with Gasteiger partial charge in [0.2, 0.25) is 0 Å². The van der Waals surface area contributed by atoms with Crippen LogP contribution >= 0.6 is 0 Å². The molecule has 2 rings (SSSR count). The molecule has 0 amide bonds. The number of aromatic nitrogens is 2. The second-order valence-corrected chi connectivity index (χ2v) is 4.52. The van der Waals surface area contributed by atoms with E-state index in [4.69, 9.17) is 10.5 Å². The minimum atomic E-state index is -0.00909. The summed E-state index contributed by atoms with van der Waals surface area (Å²) in [6.07, 6.45) is 4.74. The number of nitrogens with two attached hydrogens (primary N) is 1. The van der Waals surface area contributed by atoms with Crippen LogP contribution < -0.4 is 10.5 Å². The molecule has 0 aliphatic heterocycles. The van der Waals surface area contributed by atoms with Crippen molar-refractivity contribution in [2.45, 2.75) is 32.9 Å². The molecule has 0 radical (unpaired) electrons. The van der Waals surface area contributed by atoms with E-state index in [-0.39, 0.29) is 6.04 Å². The van der Waals surface area contributed by atoms with Crippen LogP contribution in [0.1, 0.15) is 31.0 Å². The molecule has 2 N–H and O–H groups in total. The summed E-state index contributed by atoms with van der Waals surface area (Å²) in [7, 11) is 0. The molecule has 1 aromatic heterocycles. The highest BCUT2D eigenvalue weighted by atomic mass is 16.5. The fourth-order valence-corrected chi connectivity index (χ4v) is 2.03. The zero-order chi connectivity index (χ0) is 13.7. The van der Waals surface area contributed by atoms with Gasteiger partial charge in [-0.3, -0.25) is 4.68 Å². The molecule has 0 aliphatic carbocycles. The first kappa shape index (κ1) is 13.6. The Morgan fingerprint density at radius 3 is 2.58 bits per heavy atom. The summed E-state index contributed by atoms with van der Waals surface area (Å²) in [6, 6.07) is 7.98. The van der Waals surface area contributed by atoms with Crippen LogP contribution in [0.4, 0.5) is 0 Å². The van der Waals surface area contributed by atoms with E-state index in [9.17, 15) is 0 Å². The number of nitrogens with zero attached hydrogens (tertiary/aromatic N) is 2. The lowest BCUT2D eigenvalue weighted by molar-refractivity contribution is 0.340. The molecule has 0 saturated heterocycles. The standard InChI is InChI=1S/C15H21N3O/c1-3-18-11-12(10-17-18)9-15(16)13-5-7-14(8-6-13)19-4-2/h5-8,10-11,15H,3-4,9,16H2,1-2H3. The van der Waals surface area contributed by atoms with E-state index in [2.05, 4.69) is 18.2 Å². The Kier molecular flexibility index (Phi) is 4.58. The zero-order valence-corrected chi connectivity index (χ0v) is 11.5. The molecule has 1 heterocycles. The van der Waals surface area contributed by atoms with Crippen LogP contribution in [0.2, 0.25) is 0 Å². The number of hydrogen-bond donors (Lipinski definition) is 1. The maximum atomic E-state index is 6.22. The lowest BCUT2D eigenvalue weighted by Gasteiger charge is -2.11. The highest BCUT2D eigenvalue weighted by molar-refractivity contribution is 5.29. The minimum Gasteiger partial charge on any atom is -0.494 e. The van der Waals surface area contributed by atoms with Crippen molar-refractivity contribution in [2.75, 3.05) is 6.61 Å². The molecule has 2 aromatic rings. The Morgan fingerprint density at radius 1 is 1.26 bits per heavy atom. The van der Waals surface area contributed by atoms with Crippen molar-refractivity contribution < 1.29 is 4.74 Å². The Balaban J connectivity index is 2.00. The lowest BCUT2D eigenvalue weighted by Crippen LogP contribution is -2.13. The predicted molar refractivity (Wildman–Crippen MR) is 76.1 cm³/mol. The minimum absolute atomic E-state index is 0.00909. The van der Waals surface area contributed by atoms with Crippen molar-refractivity contribution in [2.24, 2.45) is 5.73 Å². The summed E-state index contributed by atoms with van der Waals surface area (Å²) in [4.78, 5) is 0. The Bertz CT molecular complexity index is 504. The van der Waals surface area contributed by atoms with Gasteiger partial charge in [0.15, 0.2) is 0 Å². The van der Waals surface area contributed by atoms with Crippen molar-refractivity contribution in [3.63, 3.8) is 0 Å². The summed E-state index contributed by atoms with van der Waals surface area (Å²) >= 11 is 0. The maximum absolute atomic E-state index is 6.22. The Labute approximate surface area is 114 Å². The van der Waals surface area contributed by atoms with Gasteiger partial charge in [0.25, 0.3) is 0 Å². The second-order valence-electron chi connectivity index (χ2n) is 4.52. The molecular formula is C15H21N3O. The fourth-order valence-electron chi connectivity index (χ4n) is 2.03. The van der Waals surface area contributed by atoms with Gasteiger partial charge in [-0.2, -0.15) is 5.10 Å². The summed E-state index contributed by atoms with van der Waals surface area (Å²) in [5, 5.41) is 4.26. The van der Waals surface area contributed by atoms with Crippen LogP contribution in [-0.4, -0.2) is 16.4 Å². The fraction of sp³-hybridized carbons (Fsp3) is 0.400. The van der Waals surface area contributed by atoms with Crippen LogP contribution in [0.3, 0.4) is 0 Å². The quantitative estimate of drug-likeness (QED) is 0.867. The zero-order valence-electron chi connectivity index (χ0n) is 11.5. The van der Waals surface area contributed by atoms with Gasteiger partial charge >= 0.3 is 0 Å². The first-order valence-electron chi connectivity index (χ1n) is 6.72. The summed E-state index contributed by atoms with van der Waals surface area (Å²) in [6.45, 7) is 5.62. The molecule has 0 saturated carbocycles. The number of rotatable bonds is 6. The SMILES string of the molecule is CCOc1ccc(C(N)Cc2cnn(CC)c2)cc1. The third-order valence-electron chi connectivity index (χ3n) is 3.09. The molecular weight excluding hydrogens is 238 g/mol. The van der Waals surface area contributed by atoms with Crippen LogP contribution in [0.25, 0.3) is 0 Å². The van der Waals surface area contributed by atoms with Gasteiger partial charge in [-0.15, -0.1) is 0 Å². The molecule has 0 fully saturated rings. The summed E-state index contributed by atoms with van der Waals surface area (Å²) < 4.78 is 7.34. The van der Waals surface area contributed by atoms with Gasteiger partial charge < -0.3 is 10.5 Å². The predicted octanol–water partition coefficient (Wildman–Crippen LogP) is 2.54. The molecule has 1 aromatic carbocycles. The number of hydrogen-bond acceptors (Lipinski definition) is 3. The lowest BCUT2D eigenvalue weighted by atomic mass is 10.0. The van der Waals surface area contributed by atoms with Crippen molar-refractivity contribution >= 4 is 0 Å². The third-order valence-corrected chi connectivity index (χ3v) is 3.09. The van der Waals surface area contributed by atoms with E-state index in [0.717, 1.165) is 24.3 Å². The van der Waals surface area contributed by atoms with Crippen molar-refractivity contribution in [1.29, 1.82) is 0 Å². The first-order chi connectivity index (χ1) is 9.22. The van der Waals surface area contributed by atoms with Gasteiger partial charge in [0, 0.05) is 18.8 Å². The van der Waals surface area contributed by atoms with Crippen LogP contribution in [0.15, 0.2) is 36.7 Å². The highest BCUT2D eigenvalue weighted by Gasteiger charge is 2.08. The average Bonchev–Trinajstić information content (AvgIpc) is 2.87. The largest absolute Gasteiger partial charge is 0.494 e. The van der Waals surface area contributed by atoms with Gasteiger partial charge in [0.1, 0.15) is 5.75 Å². The van der Waals surface area contributed by atoms with Gasteiger partial charge in [-0.25, -0.2) is 0 Å². The number of aryl methyl sites for hydroxylation is 1. The highest BCUT2D eigenvalue weighted by Crippen LogP contribution is 2.19. The van der Waals surface area contributed by atoms with E-state index in [1.807, 2.05) is 42.1 Å². The second kappa shape index (κ2) is 6.38. The Hall–Kier alpha value is -1.81. The molecule has 1 unspecified atom stereocenters. The normalized spacial score (nSPS) is 12.4. The molecule has 0 aliphatic rings. The van der Waals surface area contributed by atoms with E-state index in [1.165, 1.54) is 5.56 Å². The van der Waals surface area contributed by atoms with Gasteiger partial charge in [-0.1, -0.05) is 12.1 Å². The van der Waals surface area contributed by atoms with Crippen molar-refractivity contribution in [3.8, 4) is 5.75 Å². The summed E-state index contributed by atoms with van der Waals surface area (Å²) in [5.74, 6) is 0.886. The molecule has 1 atom stereocenters. The van der Waals surface area contributed by atoms with Gasteiger partial charge in [0.05, 0.1) is 12.8 Å². The third kappa shape index (κ3) is 3.58. The van der Waals surface area contributed by atoms with E-state index >= 15 is 0 Å². The van der Waals surface area contributed by atoms with Crippen LogP contribution in [0.5, 0.6) is 5.75 Å². The smallest absolute Gasteiger partial charge is 0.119 e. The molecule has 4 nitrogen and oxygen atoms in total. The van der Waals surface area contributed by atoms with Gasteiger partial charge in [-0.05, 0) is 43.5 Å².